The molecule has 6 heteroatoms. The van der Waals surface area contributed by atoms with Gasteiger partial charge >= 0.3 is 0 Å². The highest BCUT2D eigenvalue weighted by Crippen LogP contribution is 2.43. The maximum absolute atomic E-state index is 13.4. The Morgan fingerprint density at radius 3 is 2.21 bits per heavy atom. The summed E-state index contributed by atoms with van der Waals surface area (Å²) in [7, 11) is 0. The summed E-state index contributed by atoms with van der Waals surface area (Å²) < 4.78 is 0. The predicted octanol–water partition coefficient (Wildman–Crippen LogP) is 4.82. The first-order chi connectivity index (χ1) is 14.2. The number of rotatable bonds is 2. The number of fused-ring (bicyclic) bond motifs is 1. The predicted molar refractivity (Wildman–Crippen MR) is 117 cm³/mol. The first-order valence-corrected chi connectivity index (χ1v) is 9.90. The molecule has 0 saturated carbocycles. The number of amidine groups is 1. The summed E-state index contributed by atoms with van der Waals surface area (Å²) in [5, 5.41) is 3.36. The Bertz CT molecular complexity index is 1190. The number of nitrogens with zero attached hydrogens (tertiary/aromatic N) is 2. The van der Waals surface area contributed by atoms with Gasteiger partial charge in [0.1, 0.15) is 0 Å². The van der Waals surface area contributed by atoms with Gasteiger partial charge in [-0.3, -0.25) is 14.5 Å². The van der Waals surface area contributed by atoms with Crippen LogP contribution in [0, 0.1) is 0 Å². The van der Waals surface area contributed by atoms with E-state index in [-0.39, 0.29) is 11.8 Å². The molecule has 5 nitrogen and oxygen atoms in total. The summed E-state index contributed by atoms with van der Waals surface area (Å²) in [5.41, 5.74) is 3.30. The number of amides is 2. The molecule has 1 fully saturated rings. The highest BCUT2D eigenvalue weighted by molar-refractivity contribution is 8.19. The maximum atomic E-state index is 13.4. The Balaban J connectivity index is 1.68. The van der Waals surface area contributed by atoms with Crippen LogP contribution in [0.15, 0.2) is 94.8 Å². The van der Waals surface area contributed by atoms with E-state index in [0.29, 0.717) is 27.0 Å². The fourth-order valence-electron chi connectivity index (χ4n) is 3.36. The van der Waals surface area contributed by atoms with Crippen molar-refractivity contribution >= 4 is 51.4 Å². The molecule has 3 aromatic carbocycles. The van der Waals surface area contributed by atoms with Gasteiger partial charge in [0.05, 0.1) is 21.9 Å². The van der Waals surface area contributed by atoms with Crippen molar-refractivity contribution in [2.24, 2.45) is 4.99 Å². The molecular weight excluding hydrogens is 382 g/mol. The van der Waals surface area contributed by atoms with E-state index >= 15 is 0 Å². The molecule has 0 spiro atoms. The van der Waals surface area contributed by atoms with Crippen molar-refractivity contribution in [3.8, 4) is 0 Å². The van der Waals surface area contributed by atoms with Gasteiger partial charge in [-0.2, -0.15) is 0 Å². The molecule has 2 aliphatic rings. The van der Waals surface area contributed by atoms with E-state index in [1.807, 2.05) is 84.9 Å². The standard InChI is InChI=1S/C23H15N3O2S/c27-21-19(17-13-7-8-14-18(17)25-21)20-22(28)26(16-11-5-2-6-12-16)23(29-20)24-15-9-3-1-4-10-15/h1-14H,(H,25,27)/b20-19-,24-23-. The number of nitrogens with one attached hydrogen (secondary N) is 1. The zero-order chi connectivity index (χ0) is 19.8. The summed E-state index contributed by atoms with van der Waals surface area (Å²) in [6.45, 7) is 0. The lowest BCUT2D eigenvalue weighted by molar-refractivity contribution is -0.114. The normalized spacial score (nSPS) is 19.6. The van der Waals surface area contributed by atoms with Crippen molar-refractivity contribution in [1.82, 2.24) is 0 Å². The number of hydrogen-bond donors (Lipinski definition) is 1. The van der Waals surface area contributed by atoms with Gasteiger partial charge in [-0.25, -0.2) is 4.99 Å². The van der Waals surface area contributed by atoms with Crippen LogP contribution in [-0.4, -0.2) is 17.0 Å². The van der Waals surface area contributed by atoms with Crippen LogP contribution in [0.1, 0.15) is 5.56 Å². The van der Waals surface area contributed by atoms with Crippen LogP contribution in [0.2, 0.25) is 0 Å². The van der Waals surface area contributed by atoms with Gasteiger partial charge in [-0.15, -0.1) is 0 Å². The number of anilines is 2. The third kappa shape index (κ3) is 3.03. The zero-order valence-electron chi connectivity index (χ0n) is 15.2. The minimum atomic E-state index is -0.268. The molecule has 0 aliphatic carbocycles. The molecule has 0 radical (unpaired) electrons. The van der Waals surface area contributed by atoms with E-state index in [1.165, 1.54) is 11.8 Å². The number of hydrogen-bond acceptors (Lipinski definition) is 4. The van der Waals surface area contributed by atoms with Gasteiger partial charge < -0.3 is 5.32 Å². The molecule has 2 heterocycles. The van der Waals surface area contributed by atoms with E-state index in [0.717, 1.165) is 11.3 Å². The maximum Gasteiger partial charge on any atom is 0.272 e. The summed E-state index contributed by atoms with van der Waals surface area (Å²) >= 11 is 1.23. The van der Waals surface area contributed by atoms with Gasteiger partial charge in [-0.05, 0) is 42.1 Å². The summed E-state index contributed by atoms with van der Waals surface area (Å²) in [5.74, 6) is -0.520. The topological polar surface area (TPSA) is 61.8 Å². The fraction of sp³-hybridized carbons (Fsp3) is 0. The fourth-order valence-corrected chi connectivity index (χ4v) is 4.46. The Labute approximate surface area is 171 Å². The van der Waals surface area contributed by atoms with Crippen LogP contribution in [-0.2, 0) is 9.59 Å². The minimum Gasteiger partial charge on any atom is -0.321 e. The number of thioether (sulfide) groups is 1. The average Bonchev–Trinajstić information content (AvgIpc) is 3.24. The molecule has 0 aromatic heterocycles. The van der Waals surface area contributed by atoms with Gasteiger partial charge in [-0.1, -0.05) is 54.6 Å². The average molecular weight is 397 g/mol. The van der Waals surface area contributed by atoms with Crippen LogP contribution in [0.25, 0.3) is 5.57 Å². The smallest absolute Gasteiger partial charge is 0.272 e. The van der Waals surface area contributed by atoms with Gasteiger partial charge in [0, 0.05) is 11.3 Å². The molecule has 1 saturated heterocycles. The molecule has 0 atom stereocenters. The second-order valence-electron chi connectivity index (χ2n) is 6.51. The first-order valence-electron chi connectivity index (χ1n) is 9.08. The Kier molecular flexibility index (Phi) is 4.26. The largest absolute Gasteiger partial charge is 0.321 e. The van der Waals surface area contributed by atoms with Crippen LogP contribution >= 0.6 is 11.8 Å². The van der Waals surface area contributed by atoms with Gasteiger partial charge in [0.15, 0.2) is 5.17 Å². The highest BCUT2D eigenvalue weighted by Gasteiger charge is 2.40. The Morgan fingerprint density at radius 1 is 0.793 bits per heavy atom. The lowest BCUT2D eigenvalue weighted by Crippen LogP contribution is -2.29. The van der Waals surface area contributed by atoms with E-state index in [2.05, 4.69) is 10.3 Å². The Hall–Kier alpha value is -3.64. The molecule has 1 N–H and O–H groups in total. The zero-order valence-corrected chi connectivity index (χ0v) is 16.0. The van der Waals surface area contributed by atoms with Crippen molar-refractivity contribution in [1.29, 1.82) is 0 Å². The molecule has 2 aliphatic heterocycles. The van der Waals surface area contributed by atoms with Crippen LogP contribution in [0.4, 0.5) is 17.1 Å². The third-order valence-electron chi connectivity index (χ3n) is 4.68. The number of aliphatic imine (C=N–C) groups is 1. The Morgan fingerprint density at radius 2 is 1.45 bits per heavy atom. The number of para-hydroxylation sites is 3. The SMILES string of the molecule is O=C1Nc2ccccc2/C1=C1/S/C(=N\c2ccccc2)N(c2ccccc2)C1=O. The molecule has 140 valence electrons. The molecule has 29 heavy (non-hydrogen) atoms. The summed E-state index contributed by atoms with van der Waals surface area (Å²) in [6, 6.07) is 26.2. The van der Waals surface area contributed by atoms with Gasteiger partial charge in [0.2, 0.25) is 0 Å². The van der Waals surface area contributed by atoms with Crippen molar-refractivity contribution < 1.29 is 9.59 Å². The van der Waals surface area contributed by atoms with E-state index in [1.54, 1.807) is 4.90 Å². The van der Waals surface area contributed by atoms with Gasteiger partial charge in [0.25, 0.3) is 11.8 Å². The molecule has 5 rings (SSSR count). The van der Waals surface area contributed by atoms with Crippen LogP contribution in [0.3, 0.4) is 0 Å². The highest BCUT2D eigenvalue weighted by atomic mass is 32.2. The minimum absolute atomic E-state index is 0.252. The molecule has 0 unspecified atom stereocenters. The van der Waals surface area contributed by atoms with Crippen molar-refractivity contribution in [3.63, 3.8) is 0 Å². The number of carbonyl (C=O) groups excluding carboxylic acids is 2. The molecule has 3 aromatic rings. The van der Waals surface area contributed by atoms with Crippen LogP contribution < -0.4 is 10.2 Å². The van der Waals surface area contributed by atoms with Crippen molar-refractivity contribution in [3.05, 3.63) is 95.4 Å². The number of benzene rings is 3. The molecule has 2 amide bonds. The summed E-state index contributed by atoms with van der Waals surface area (Å²) in [4.78, 5) is 32.7. The molecule has 0 bridgehead atoms. The number of carbonyl (C=O) groups is 2. The monoisotopic (exact) mass is 397 g/mol. The third-order valence-corrected chi connectivity index (χ3v) is 5.72. The lowest BCUT2D eigenvalue weighted by Gasteiger charge is -2.15. The van der Waals surface area contributed by atoms with Crippen molar-refractivity contribution in [2.45, 2.75) is 0 Å². The van der Waals surface area contributed by atoms with E-state index in [9.17, 15) is 9.59 Å². The second-order valence-corrected chi connectivity index (χ2v) is 7.49. The van der Waals surface area contributed by atoms with Crippen molar-refractivity contribution in [2.75, 3.05) is 10.2 Å². The first kappa shape index (κ1) is 17.5. The lowest BCUT2D eigenvalue weighted by atomic mass is 10.1. The van der Waals surface area contributed by atoms with E-state index in [4.69, 9.17) is 0 Å². The summed E-state index contributed by atoms with van der Waals surface area (Å²) in [6.07, 6.45) is 0. The van der Waals surface area contributed by atoms with E-state index < -0.39 is 0 Å². The van der Waals surface area contributed by atoms with Crippen LogP contribution in [0.5, 0.6) is 0 Å². The second kappa shape index (κ2) is 7.07. The quantitative estimate of drug-likeness (QED) is 0.631. The molecular formula is C23H15N3O2S.